The van der Waals surface area contributed by atoms with Gasteiger partial charge in [0.05, 0.1) is 12.1 Å². The third-order valence-corrected chi connectivity index (χ3v) is 2.83. The number of anilines is 1. The molecule has 0 bridgehead atoms. The number of phenols is 1. The van der Waals surface area contributed by atoms with Crippen LogP contribution in [0.2, 0.25) is 5.02 Å². The summed E-state index contributed by atoms with van der Waals surface area (Å²) in [6.07, 6.45) is 0. The summed E-state index contributed by atoms with van der Waals surface area (Å²) in [5, 5.41) is 12.3. The van der Waals surface area contributed by atoms with E-state index in [2.05, 4.69) is 5.32 Å². The molecule has 4 nitrogen and oxygen atoms in total. The largest absolute Gasteiger partial charge is 0.508 e. The van der Waals surface area contributed by atoms with Gasteiger partial charge in [0.15, 0.2) is 0 Å². The molecule has 1 amide bonds. The van der Waals surface area contributed by atoms with Gasteiger partial charge >= 0.3 is 0 Å². The molecule has 19 heavy (non-hydrogen) atoms. The highest BCUT2D eigenvalue weighted by molar-refractivity contribution is 6.32. The Morgan fingerprint density at radius 1 is 1.21 bits per heavy atom. The van der Waals surface area contributed by atoms with Crippen molar-refractivity contribution in [1.82, 2.24) is 0 Å². The molecule has 0 unspecified atom stereocenters. The number of methoxy groups -OCH3 is 1. The molecule has 98 valence electrons. The van der Waals surface area contributed by atoms with E-state index in [0.29, 0.717) is 22.0 Å². The fraction of sp³-hybridized carbons (Fsp3) is 0.0714. The van der Waals surface area contributed by atoms with E-state index in [4.69, 9.17) is 21.4 Å². The predicted molar refractivity (Wildman–Crippen MR) is 74.1 cm³/mol. The molecule has 2 aromatic rings. The molecule has 0 saturated carbocycles. The zero-order valence-corrected chi connectivity index (χ0v) is 10.9. The van der Waals surface area contributed by atoms with Crippen molar-refractivity contribution in [1.29, 1.82) is 0 Å². The molecule has 0 aromatic heterocycles. The molecule has 0 fully saturated rings. The first-order chi connectivity index (χ1) is 9.10. The smallest absolute Gasteiger partial charge is 0.255 e. The monoisotopic (exact) mass is 277 g/mol. The Balaban J connectivity index is 2.14. The van der Waals surface area contributed by atoms with Crippen molar-refractivity contribution >= 4 is 23.2 Å². The number of benzene rings is 2. The minimum atomic E-state index is -0.277. The second-order valence-electron chi connectivity index (χ2n) is 3.85. The summed E-state index contributed by atoms with van der Waals surface area (Å²) in [6, 6.07) is 11.0. The van der Waals surface area contributed by atoms with Crippen LogP contribution in [0.25, 0.3) is 0 Å². The van der Waals surface area contributed by atoms with Crippen molar-refractivity contribution in [2.75, 3.05) is 12.4 Å². The quantitative estimate of drug-likeness (QED) is 0.905. The maximum absolute atomic E-state index is 11.9. The highest BCUT2D eigenvalue weighted by Crippen LogP contribution is 2.27. The first-order valence-electron chi connectivity index (χ1n) is 5.54. The number of carbonyl (C=O) groups is 1. The van der Waals surface area contributed by atoms with Crippen molar-refractivity contribution in [3.8, 4) is 11.5 Å². The topological polar surface area (TPSA) is 58.6 Å². The van der Waals surface area contributed by atoms with Gasteiger partial charge in [-0.2, -0.15) is 0 Å². The number of aromatic hydroxyl groups is 1. The Kier molecular flexibility index (Phi) is 3.92. The summed E-state index contributed by atoms with van der Waals surface area (Å²) in [6.45, 7) is 0. The van der Waals surface area contributed by atoms with Gasteiger partial charge in [-0.1, -0.05) is 11.6 Å². The summed E-state index contributed by atoms with van der Waals surface area (Å²) in [4.78, 5) is 11.9. The summed E-state index contributed by atoms with van der Waals surface area (Å²) < 4.78 is 5.03. The maximum atomic E-state index is 11.9. The third-order valence-electron chi connectivity index (χ3n) is 2.54. The Bertz CT molecular complexity index is 596. The lowest BCUT2D eigenvalue weighted by atomic mass is 10.2. The van der Waals surface area contributed by atoms with E-state index in [0.717, 1.165) is 0 Å². The van der Waals surface area contributed by atoms with Crippen molar-refractivity contribution in [3.63, 3.8) is 0 Å². The number of rotatable bonds is 3. The van der Waals surface area contributed by atoms with Crippen molar-refractivity contribution in [2.24, 2.45) is 0 Å². The molecule has 0 atom stereocenters. The lowest BCUT2D eigenvalue weighted by Gasteiger charge is -2.08. The molecule has 0 heterocycles. The van der Waals surface area contributed by atoms with Crippen LogP contribution >= 0.6 is 11.6 Å². The van der Waals surface area contributed by atoms with Gasteiger partial charge in [0.2, 0.25) is 0 Å². The van der Waals surface area contributed by atoms with E-state index < -0.39 is 0 Å². The standard InChI is InChI=1S/C14H12ClNO3/c1-19-13-7-4-10(8-12(13)15)16-14(18)9-2-5-11(17)6-3-9/h2-8,17H,1H3,(H,16,18). The van der Waals surface area contributed by atoms with E-state index in [1.165, 1.54) is 31.4 Å². The number of carbonyl (C=O) groups excluding carboxylic acids is 1. The van der Waals surface area contributed by atoms with Gasteiger partial charge in [-0.25, -0.2) is 0 Å². The Morgan fingerprint density at radius 2 is 1.89 bits per heavy atom. The van der Waals surface area contributed by atoms with E-state index >= 15 is 0 Å². The second kappa shape index (κ2) is 5.63. The minimum Gasteiger partial charge on any atom is -0.508 e. The van der Waals surface area contributed by atoms with E-state index in [9.17, 15) is 4.79 Å². The number of phenolic OH excluding ortho intramolecular Hbond substituents is 1. The highest BCUT2D eigenvalue weighted by atomic mass is 35.5. The molecule has 2 rings (SSSR count). The van der Waals surface area contributed by atoms with Gasteiger partial charge in [0.1, 0.15) is 11.5 Å². The SMILES string of the molecule is COc1ccc(NC(=O)c2ccc(O)cc2)cc1Cl. The maximum Gasteiger partial charge on any atom is 0.255 e. The van der Waals surface area contributed by atoms with Gasteiger partial charge in [-0.3, -0.25) is 4.79 Å². The zero-order valence-electron chi connectivity index (χ0n) is 10.2. The molecule has 0 aliphatic rings. The summed E-state index contributed by atoms with van der Waals surface area (Å²) in [5.74, 6) is 0.384. The van der Waals surface area contributed by atoms with E-state index in [1.54, 1.807) is 18.2 Å². The van der Waals surface area contributed by atoms with Crippen LogP contribution in [0.4, 0.5) is 5.69 Å². The van der Waals surface area contributed by atoms with Gasteiger partial charge in [0, 0.05) is 11.3 Å². The Morgan fingerprint density at radius 3 is 2.47 bits per heavy atom. The van der Waals surface area contributed by atoms with Crippen molar-refractivity contribution < 1.29 is 14.6 Å². The average Bonchev–Trinajstić information content (AvgIpc) is 2.39. The number of hydrogen-bond acceptors (Lipinski definition) is 3. The highest BCUT2D eigenvalue weighted by Gasteiger charge is 2.07. The second-order valence-corrected chi connectivity index (χ2v) is 4.26. The summed E-state index contributed by atoms with van der Waals surface area (Å²) in [5.41, 5.74) is 1.02. The van der Waals surface area contributed by atoms with Crippen molar-refractivity contribution in [2.45, 2.75) is 0 Å². The molecule has 5 heteroatoms. The van der Waals surface area contributed by atoms with E-state index in [-0.39, 0.29) is 11.7 Å². The summed E-state index contributed by atoms with van der Waals surface area (Å²) in [7, 11) is 1.52. The molecular formula is C14H12ClNO3. The molecule has 0 aliphatic heterocycles. The summed E-state index contributed by atoms with van der Waals surface area (Å²) >= 11 is 5.97. The molecule has 0 aliphatic carbocycles. The third kappa shape index (κ3) is 3.17. The first kappa shape index (κ1) is 13.2. The van der Waals surface area contributed by atoms with Gasteiger partial charge in [-0.15, -0.1) is 0 Å². The molecule has 0 saturated heterocycles. The van der Waals surface area contributed by atoms with Crippen LogP contribution in [-0.2, 0) is 0 Å². The minimum absolute atomic E-state index is 0.115. The molecule has 0 radical (unpaired) electrons. The van der Waals surface area contributed by atoms with Gasteiger partial charge < -0.3 is 15.2 Å². The molecule has 2 aromatic carbocycles. The van der Waals surface area contributed by atoms with Crippen LogP contribution in [0.3, 0.4) is 0 Å². The van der Waals surface area contributed by atoms with E-state index in [1.807, 2.05) is 0 Å². The number of amides is 1. The van der Waals surface area contributed by atoms with Crippen LogP contribution in [0.15, 0.2) is 42.5 Å². The van der Waals surface area contributed by atoms with Gasteiger partial charge in [0.25, 0.3) is 5.91 Å². The van der Waals surface area contributed by atoms with Crippen LogP contribution in [0, 0.1) is 0 Å². The van der Waals surface area contributed by atoms with Crippen LogP contribution in [-0.4, -0.2) is 18.1 Å². The number of nitrogens with one attached hydrogen (secondary N) is 1. The molecule has 2 N–H and O–H groups in total. The number of ether oxygens (including phenoxy) is 1. The first-order valence-corrected chi connectivity index (χ1v) is 5.92. The molecule has 0 spiro atoms. The van der Waals surface area contributed by atoms with Crippen LogP contribution < -0.4 is 10.1 Å². The Hall–Kier alpha value is -2.20. The Labute approximate surface area is 115 Å². The van der Waals surface area contributed by atoms with Crippen LogP contribution in [0.1, 0.15) is 10.4 Å². The lowest BCUT2D eigenvalue weighted by Crippen LogP contribution is -2.11. The normalized spacial score (nSPS) is 10.0. The van der Waals surface area contributed by atoms with Crippen LogP contribution in [0.5, 0.6) is 11.5 Å². The van der Waals surface area contributed by atoms with Crippen molar-refractivity contribution in [3.05, 3.63) is 53.1 Å². The fourth-order valence-corrected chi connectivity index (χ4v) is 1.82. The average molecular weight is 278 g/mol. The molecular weight excluding hydrogens is 266 g/mol. The number of hydrogen-bond donors (Lipinski definition) is 2. The zero-order chi connectivity index (χ0) is 13.8. The fourth-order valence-electron chi connectivity index (χ4n) is 1.56. The lowest BCUT2D eigenvalue weighted by molar-refractivity contribution is 0.102. The number of halogens is 1. The van der Waals surface area contributed by atoms with Gasteiger partial charge in [-0.05, 0) is 42.5 Å². The predicted octanol–water partition coefficient (Wildman–Crippen LogP) is 3.31.